The van der Waals surface area contributed by atoms with Crippen LogP contribution in [0.25, 0.3) is 0 Å². The van der Waals surface area contributed by atoms with Crippen molar-refractivity contribution in [1.82, 2.24) is 5.32 Å². The minimum Gasteiger partial charge on any atom is -0.425 e. The highest BCUT2D eigenvalue weighted by molar-refractivity contribution is 7.58. The number of esters is 1. The number of ketones is 1. The van der Waals surface area contributed by atoms with Crippen molar-refractivity contribution in [1.29, 1.82) is 0 Å². The van der Waals surface area contributed by atoms with Crippen molar-refractivity contribution in [3.8, 4) is 0 Å². The van der Waals surface area contributed by atoms with Crippen LogP contribution in [0.1, 0.15) is 27.7 Å². The Bertz CT molecular complexity index is 455. The number of carbonyl (C=O) groups excluding carboxylic acids is 3. The van der Waals surface area contributed by atoms with E-state index in [1.54, 1.807) is 27.7 Å². The molecule has 0 heterocycles. The Labute approximate surface area is 130 Å². The summed E-state index contributed by atoms with van der Waals surface area (Å²) in [7, 11) is -3.47. The molecule has 0 rings (SSSR count). The van der Waals surface area contributed by atoms with Crippen LogP contribution in [0.5, 0.6) is 0 Å². The molecule has 0 aliphatic heterocycles. The van der Waals surface area contributed by atoms with E-state index in [1.807, 2.05) is 0 Å². The van der Waals surface area contributed by atoms with Gasteiger partial charge in [-0.3, -0.25) is 14.2 Å². The Morgan fingerprint density at radius 3 is 2.09 bits per heavy atom. The van der Waals surface area contributed by atoms with Crippen LogP contribution < -0.4 is 5.32 Å². The SMILES string of the molecule is CC(C)C(=O)O[C@@H](OC(=O)NCC(=O)CP(C)(=O)O)C(C)C. The van der Waals surface area contributed by atoms with Crippen molar-refractivity contribution in [2.75, 3.05) is 19.4 Å². The molecule has 0 fully saturated rings. The van der Waals surface area contributed by atoms with E-state index in [4.69, 9.17) is 14.4 Å². The molecule has 0 aromatic carbocycles. The lowest BCUT2D eigenvalue weighted by molar-refractivity contribution is -0.178. The maximum atomic E-state index is 11.6. The molecule has 0 aliphatic carbocycles. The van der Waals surface area contributed by atoms with Crippen molar-refractivity contribution in [3.63, 3.8) is 0 Å². The Hall–Kier alpha value is -1.40. The number of hydrogen-bond acceptors (Lipinski definition) is 6. The average molecular weight is 337 g/mol. The van der Waals surface area contributed by atoms with Crippen LogP contribution in [0.4, 0.5) is 4.79 Å². The summed E-state index contributed by atoms with van der Waals surface area (Å²) in [4.78, 5) is 43.5. The summed E-state index contributed by atoms with van der Waals surface area (Å²) in [6.07, 6.45) is -2.53. The van der Waals surface area contributed by atoms with Crippen LogP contribution in [-0.2, 0) is 23.6 Å². The van der Waals surface area contributed by atoms with Crippen LogP contribution in [0.3, 0.4) is 0 Å². The van der Waals surface area contributed by atoms with Gasteiger partial charge in [0.1, 0.15) is 0 Å². The summed E-state index contributed by atoms with van der Waals surface area (Å²) in [5, 5.41) is 2.16. The van der Waals surface area contributed by atoms with E-state index in [1.165, 1.54) is 0 Å². The second kappa shape index (κ2) is 8.90. The Balaban J connectivity index is 4.38. The number of ether oxygens (including phenoxy) is 2. The third-order valence-corrected chi connectivity index (χ3v) is 3.31. The number of amides is 1. The second-order valence-corrected chi connectivity index (χ2v) is 8.13. The zero-order chi connectivity index (χ0) is 17.5. The molecule has 0 saturated carbocycles. The molecule has 128 valence electrons. The van der Waals surface area contributed by atoms with E-state index in [0.717, 1.165) is 6.66 Å². The molecule has 0 saturated heterocycles. The molecule has 0 radical (unpaired) electrons. The fourth-order valence-electron chi connectivity index (χ4n) is 1.25. The van der Waals surface area contributed by atoms with Crippen LogP contribution >= 0.6 is 7.37 Å². The lowest BCUT2D eigenvalue weighted by Crippen LogP contribution is -2.37. The molecular weight excluding hydrogens is 313 g/mol. The van der Waals surface area contributed by atoms with Gasteiger partial charge in [0.25, 0.3) is 6.29 Å². The van der Waals surface area contributed by atoms with Gasteiger partial charge >= 0.3 is 12.1 Å². The normalized spacial score (nSPS) is 15.1. The zero-order valence-corrected chi connectivity index (χ0v) is 14.4. The van der Waals surface area contributed by atoms with Crippen molar-refractivity contribution in [2.24, 2.45) is 11.8 Å². The number of carbonyl (C=O) groups is 3. The maximum absolute atomic E-state index is 11.6. The molecule has 2 atom stereocenters. The molecule has 8 nitrogen and oxygen atoms in total. The summed E-state index contributed by atoms with van der Waals surface area (Å²) in [5.74, 6) is -1.73. The molecule has 22 heavy (non-hydrogen) atoms. The van der Waals surface area contributed by atoms with Gasteiger partial charge in [-0.1, -0.05) is 27.7 Å². The van der Waals surface area contributed by atoms with E-state index in [0.29, 0.717) is 0 Å². The van der Waals surface area contributed by atoms with Gasteiger partial charge in [-0.25, -0.2) is 4.79 Å². The van der Waals surface area contributed by atoms with Crippen LogP contribution in [0, 0.1) is 11.8 Å². The van der Waals surface area contributed by atoms with Gasteiger partial charge in [-0.2, -0.15) is 0 Å². The molecule has 1 amide bonds. The second-order valence-electron chi connectivity index (χ2n) is 5.71. The first-order valence-electron chi connectivity index (χ1n) is 6.88. The largest absolute Gasteiger partial charge is 0.425 e. The van der Waals surface area contributed by atoms with Crippen molar-refractivity contribution in [3.05, 3.63) is 0 Å². The number of nitrogens with one attached hydrogen (secondary N) is 1. The third kappa shape index (κ3) is 9.52. The van der Waals surface area contributed by atoms with Crippen molar-refractivity contribution in [2.45, 2.75) is 34.0 Å². The minimum absolute atomic E-state index is 0.266. The van der Waals surface area contributed by atoms with Gasteiger partial charge in [0.15, 0.2) is 5.78 Å². The van der Waals surface area contributed by atoms with E-state index >= 15 is 0 Å². The summed E-state index contributed by atoms with van der Waals surface area (Å²) in [6.45, 7) is 7.34. The Morgan fingerprint density at radius 2 is 1.68 bits per heavy atom. The van der Waals surface area contributed by atoms with Gasteiger partial charge < -0.3 is 19.7 Å². The third-order valence-electron chi connectivity index (χ3n) is 2.37. The monoisotopic (exact) mass is 337 g/mol. The van der Waals surface area contributed by atoms with Crippen LogP contribution in [-0.4, -0.2) is 48.4 Å². The molecule has 1 unspecified atom stereocenters. The van der Waals surface area contributed by atoms with Crippen LogP contribution in [0.2, 0.25) is 0 Å². The Morgan fingerprint density at radius 1 is 1.14 bits per heavy atom. The number of rotatable bonds is 8. The maximum Gasteiger partial charge on any atom is 0.410 e. The van der Waals surface area contributed by atoms with Gasteiger partial charge in [0, 0.05) is 12.6 Å². The van der Waals surface area contributed by atoms with Gasteiger partial charge in [0.2, 0.25) is 7.37 Å². The quantitative estimate of drug-likeness (QED) is 0.390. The molecule has 0 aromatic rings. The van der Waals surface area contributed by atoms with E-state index < -0.39 is 44.2 Å². The Kier molecular flexibility index (Phi) is 8.34. The smallest absolute Gasteiger partial charge is 0.410 e. The summed E-state index contributed by atoms with van der Waals surface area (Å²) >= 11 is 0. The van der Waals surface area contributed by atoms with E-state index in [9.17, 15) is 18.9 Å². The predicted octanol–water partition coefficient (Wildman–Crippen LogP) is 1.36. The van der Waals surface area contributed by atoms with Gasteiger partial charge in [-0.15, -0.1) is 0 Å². The fraction of sp³-hybridized carbons (Fsp3) is 0.769. The van der Waals surface area contributed by atoms with Crippen molar-refractivity contribution >= 4 is 25.2 Å². The first-order valence-corrected chi connectivity index (χ1v) is 9.17. The lowest BCUT2D eigenvalue weighted by Gasteiger charge is -2.22. The topological polar surface area (TPSA) is 119 Å². The van der Waals surface area contributed by atoms with Crippen LogP contribution in [0.15, 0.2) is 0 Å². The summed E-state index contributed by atoms with van der Waals surface area (Å²) in [5.41, 5.74) is 0. The molecular formula is C13H24NO7P. The molecule has 0 bridgehead atoms. The molecule has 9 heteroatoms. The highest BCUT2D eigenvalue weighted by Crippen LogP contribution is 2.34. The highest BCUT2D eigenvalue weighted by atomic mass is 31.2. The summed E-state index contributed by atoms with van der Waals surface area (Å²) < 4.78 is 21.0. The minimum atomic E-state index is -3.47. The number of Topliss-reactive ketones (excluding diaryl/α,β-unsaturated/α-hetero) is 1. The average Bonchev–Trinajstić information content (AvgIpc) is 2.33. The standard InChI is InChI=1S/C13H24NO7P/c1-8(2)11(16)20-12(9(3)4)21-13(17)14-6-10(15)7-22(5,18)19/h8-9,12H,6-7H2,1-5H3,(H,14,17)(H,18,19)/t12-/m0/s1. The lowest BCUT2D eigenvalue weighted by atomic mass is 10.2. The number of hydrogen-bond donors (Lipinski definition) is 2. The zero-order valence-electron chi connectivity index (χ0n) is 13.5. The first-order chi connectivity index (χ1) is 9.92. The molecule has 0 aliphatic rings. The molecule has 2 N–H and O–H groups in total. The first kappa shape index (κ1) is 20.6. The van der Waals surface area contributed by atoms with E-state index in [-0.39, 0.29) is 11.8 Å². The van der Waals surface area contributed by atoms with Gasteiger partial charge in [0.05, 0.1) is 18.6 Å². The molecule has 0 spiro atoms. The van der Waals surface area contributed by atoms with E-state index in [2.05, 4.69) is 5.32 Å². The van der Waals surface area contributed by atoms with Gasteiger partial charge in [-0.05, 0) is 0 Å². The van der Waals surface area contributed by atoms with Crippen molar-refractivity contribution < 1.29 is 33.3 Å². The molecule has 0 aromatic heterocycles. The highest BCUT2D eigenvalue weighted by Gasteiger charge is 2.24. The summed E-state index contributed by atoms with van der Waals surface area (Å²) in [6, 6.07) is 0. The fourth-order valence-corrected chi connectivity index (χ4v) is 2.01. The predicted molar refractivity (Wildman–Crippen MR) is 79.7 cm³/mol. The number of alkyl carbamates (subject to hydrolysis) is 1.